The Labute approximate surface area is 179 Å². The predicted octanol–water partition coefficient (Wildman–Crippen LogP) is 2.81. The maximum absolute atomic E-state index is 13.2. The number of rotatable bonds is 5. The van der Waals surface area contributed by atoms with Gasteiger partial charge in [-0.2, -0.15) is 5.10 Å². The van der Waals surface area contributed by atoms with Crippen LogP contribution in [0.4, 0.5) is 4.39 Å². The molecule has 1 aromatic carbocycles. The van der Waals surface area contributed by atoms with E-state index in [-0.39, 0.29) is 24.0 Å². The number of alkyl halides is 1. The third-order valence-corrected chi connectivity index (χ3v) is 7.47. The fourth-order valence-corrected chi connectivity index (χ4v) is 6.04. The van der Waals surface area contributed by atoms with Gasteiger partial charge in [-0.15, -0.1) is 0 Å². The van der Waals surface area contributed by atoms with Crippen LogP contribution in [-0.2, 0) is 16.0 Å². The predicted molar refractivity (Wildman–Crippen MR) is 112 cm³/mol. The number of carbonyl (C=O) groups is 1. The van der Waals surface area contributed by atoms with Crippen LogP contribution in [-0.4, -0.2) is 70.3 Å². The zero-order valence-electron chi connectivity index (χ0n) is 17.4. The van der Waals surface area contributed by atoms with Gasteiger partial charge in [0.25, 0.3) is 0 Å². The third kappa shape index (κ3) is 2.71. The maximum Gasteiger partial charge on any atom is 0.340 e. The van der Waals surface area contributed by atoms with Gasteiger partial charge in [-0.05, 0) is 19.5 Å². The Bertz CT molecular complexity index is 1160. The number of para-hydroxylation sites is 1. The van der Waals surface area contributed by atoms with E-state index in [0.29, 0.717) is 17.6 Å². The van der Waals surface area contributed by atoms with Gasteiger partial charge < -0.3 is 14.0 Å². The molecule has 31 heavy (non-hydrogen) atoms. The normalized spacial score (nSPS) is 29.7. The summed E-state index contributed by atoms with van der Waals surface area (Å²) in [4.78, 5) is 15.6. The number of halogens is 1. The van der Waals surface area contributed by atoms with Crippen molar-refractivity contribution in [3.8, 4) is 5.69 Å². The van der Waals surface area contributed by atoms with Crippen molar-refractivity contribution in [2.75, 3.05) is 26.9 Å². The Morgan fingerprint density at radius 1 is 1.32 bits per heavy atom. The summed E-state index contributed by atoms with van der Waals surface area (Å²) in [5.41, 5.74) is 2.37. The molecule has 2 aliphatic heterocycles. The molecule has 8 heteroatoms. The molecule has 0 bridgehead atoms. The lowest BCUT2D eigenvalue weighted by Gasteiger charge is -2.55. The van der Waals surface area contributed by atoms with Crippen molar-refractivity contribution in [3.05, 3.63) is 48.4 Å². The van der Waals surface area contributed by atoms with Gasteiger partial charge in [0.15, 0.2) is 0 Å². The van der Waals surface area contributed by atoms with Crippen LogP contribution >= 0.6 is 0 Å². The molecular weight excluding hydrogens is 399 g/mol. The van der Waals surface area contributed by atoms with Crippen LogP contribution in [0.25, 0.3) is 16.6 Å². The molecule has 6 rings (SSSR count). The molecule has 7 nitrogen and oxygen atoms in total. The Morgan fingerprint density at radius 2 is 2.19 bits per heavy atom. The van der Waals surface area contributed by atoms with E-state index in [4.69, 9.17) is 9.47 Å². The first kappa shape index (κ1) is 19.0. The van der Waals surface area contributed by atoms with Crippen molar-refractivity contribution in [2.24, 2.45) is 5.41 Å². The van der Waals surface area contributed by atoms with Gasteiger partial charge in [-0.3, -0.25) is 9.58 Å². The van der Waals surface area contributed by atoms with Crippen molar-refractivity contribution in [1.29, 1.82) is 0 Å². The Kier molecular flexibility index (Phi) is 4.23. The second-order valence-electron chi connectivity index (χ2n) is 8.99. The number of carbonyl (C=O) groups excluding carboxylic acids is 1. The van der Waals surface area contributed by atoms with Gasteiger partial charge in [0.2, 0.25) is 0 Å². The van der Waals surface area contributed by atoms with Crippen LogP contribution in [0.3, 0.4) is 0 Å². The number of hydrogen-bond acceptors (Lipinski definition) is 5. The molecule has 1 saturated carbocycles. The molecule has 3 aromatic rings. The zero-order valence-corrected chi connectivity index (χ0v) is 17.4. The zero-order chi connectivity index (χ0) is 21.2. The van der Waals surface area contributed by atoms with Crippen LogP contribution < -0.4 is 0 Å². The van der Waals surface area contributed by atoms with E-state index >= 15 is 0 Å². The molecule has 2 aromatic heterocycles. The number of aromatic nitrogens is 3. The van der Waals surface area contributed by atoms with Gasteiger partial charge in [-0.1, -0.05) is 18.2 Å². The Morgan fingerprint density at radius 3 is 3.06 bits per heavy atom. The van der Waals surface area contributed by atoms with Crippen LogP contribution in [0.5, 0.6) is 0 Å². The molecule has 4 heterocycles. The van der Waals surface area contributed by atoms with E-state index in [2.05, 4.69) is 17.0 Å². The SMILES string of the molecule is CN1C2COCC23CC(OC(=O)c2cn(-c4cnn(CCF)c4)c4ccccc24)CC13. The Balaban J connectivity index is 1.28. The molecule has 162 valence electrons. The van der Waals surface area contributed by atoms with Crippen molar-refractivity contribution < 1.29 is 18.7 Å². The first-order valence-electron chi connectivity index (χ1n) is 10.8. The molecule has 1 spiro atoms. The van der Waals surface area contributed by atoms with Crippen molar-refractivity contribution in [2.45, 2.75) is 37.6 Å². The molecule has 4 unspecified atom stereocenters. The fraction of sp³-hybridized carbons (Fsp3) is 0.478. The second-order valence-corrected chi connectivity index (χ2v) is 8.99. The highest BCUT2D eigenvalue weighted by molar-refractivity contribution is 6.05. The minimum atomic E-state index is -0.476. The second kappa shape index (κ2) is 6.90. The summed E-state index contributed by atoms with van der Waals surface area (Å²) in [7, 11) is 2.14. The highest BCUT2D eigenvalue weighted by atomic mass is 19.1. The van der Waals surface area contributed by atoms with Crippen LogP contribution in [0, 0.1) is 5.41 Å². The number of likely N-dealkylation sites (N-methyl/N-ethyl adjacent to an activating group) is 1. The van der Waals surface area contributed by atoms with E-state index in [1.807, 2.05) is 28.8 Å². The summed E-state index contributed by atoms with van der Waals surface area (Å²) < 4.78 is 27.9. The van der Waals surface area contributed by atoms with Crippen molar-refractivity contribution in [3.63, 3.8) is 0 Å². The standard InChI is InChI=1S/C23H25FN4O3/c1-26-20-8-16(9-23(20)14-30-13-21(23)26)31-22(29)18-12-28(19-5-3-2-4-17(18)19)15-10-25-27(11-15)7-6-24/h2-5,10-12,16,20-21H,6-9,13-14H2,1H3. The maximum atomic E-state index is 13.2. The topological polar surface area (TPSA) is 61.5 Å². The summed E-state index contributed by atoms with van der Waals surface area (Å²) in [5, 5.41) is 5.05. The lowest BCUT2D eigenvalue weighted by atomic mass is 9.69. The first-order chi connectivity index (χ1) is 15.1. The smallest absolute Gasteiger partial charge is 0.340 e. The quantitative estimate of drug-likeness (QED) is 0.590. The van der Waals surface area contributed by atoms with Crippen LogP contribution in [0.15, 0.2) is 42.9 Å². The number of likely N-dealkylation sites (tertiary alicyclic amines) is 1. The average Bonchev–Trinajstić information content (AvgIpc) is 3.53. The lowest BCUT2D eigenvalue weighted by molar-refractivity contribution is -0.0683. The molecule has 1 aliphatic carbocycles. The highest BCUT2D eigenvalue weighted by Crippen LogP contribution is 2.57. The van der Waals surface area contributed by atoms with Crippen LogP contribution in [0.1, 0.15) is 23.2 Å². The number of ether oxygens (including phenoxy) is 2. The summed E-state index contributed by atoms with van der Waals surface area (Å²) in [6, 6.07) is 8.62. The van der Waals surface area contributed by atoms with Gasteiger partial charge in [0.05, 0.1) is 42.7 Å². The number of benzene rings is 1. The van der Waals surface area contributed by atoms with Crippen molar-refractivity contribution in [1.82, 2.24) is 19.2 Å². The van der Waals surface area contributed by atoms with Crippen molar-refractivity contribution >= 4 is 16.9 Å². The average molecular weight is 424 g/mol. The number of hydrogen-bond donors (Lipinski definition) is 0. The van der Waals surface area contributed by atoms with Gasteiger partial charge in [0.1, 0.15) is 12.8 Å². The summed E-state index contributed by atoms with van der Waals surface area (Å²) in [6.07, 6.45) is 6.90. The highest BCUT2D eigenvalue weighted by Gasteiger charge is 2.66. The van der Waals surface area contributed by atoms with E-state index in [1.54, 1.807) is 23.3 Å². The molecule has 0 radical (unpaired) electrons. The summed E-state index contributed by atoms with van der Waals surface area (Å²) >= 11 is 0. The fourth-order valence-electron chi connectivity index (χ4n) is 6.04. The van der Waals surface area contributed by atoms with E-state index < -0.39 is 6.67 Å². The number of fused-ring (bicyclic) bond motifs is 1. The first-order valence-corrected chi connectivity index (χ1v) is 10.8. The van der Waals surface area contributed by atoms with Gasteiger partial charge in [-0.25, -0.2) is 9.18 Å². The van der Waals surface area contributed by atoms with E-state index in [1.165, 1.54) is 0 Å². The molecule has 0 amide bonds. The minimum Gasteiger partial charge on any atom is -0.459 e. The summed E-state index contributed by atoms with van der Waals surface area (Å²) in [5.74, 6) is -0.299. The third-order valence-electron chi connectivity index (χ3n) is 7.47. The number of nitrogens with zero attached hydrogens (tertiary/aromatic N) is 4. The largest absolute Gasteiger partial charge is 0.459 e. The summed E-state index contributed by atoms with van der Waals surface area (Å²) in [6.45, 7) is 1.27. The molecular formula is C23H25FN4O3. The molecule has 2 saturated heterocycles. The van der Waals surface area contributed by atoms with Gasteiger partial charge in [0, 0.05) is 41.7 Å². The van der Waals surface area contributed by atoms with E-state index in [0.717, 1.165) is 42.6 Å². The van der Waals surface area contributed by atoms with Crippen LogP contribution in [0.2, 0.25) is 0 Å². The minimum absolute atomic E-state index is 0.0962. The number of esters is 1. The molecule has 4 atom stereocenters. The Hall–Kier alpha value is -2.71. The molecule has 3 aliphatic rings. The monoisotopic (exact) mass is 424 g/mol. The molecule has 3 fully saturated rings. The number of aryl methyl sites for hydroxylation is 1. The van der Waals surface area contributed by atoms with Gasteiger partial charge >= 0.3 is 5.97 Å². The van der Waals surface area contributed by atoms with E-state index in [9.17, 15) is 9.18 Å². The molecule has 0 N–H and O–H groups in total. The lowest BCUT2D eigenvalue weighted by Crippen LogP contribution is -2.67.